The third-order valence-electron chi connectivity index (χ3n) is 6.19. The van der Waals surface area contributed by atoms with Gasteiger partial charge in [0.05, 0.1) is 5.57 Å². The topological polar surface area (TPSA) is 70.4 Å². The van der Waals surface area contributed by atoms with E-state index < -0.39 is 0 Å². The Labute approximate surface area is 173 Å². The van der Waals surface area contributed by atoms with Crippen LogP contribution in [0.5, 0.6) is 0 Å². The lowest BCUT2D eigenvalue weighted by Gasteiger charge is -2.39. The van der Waals surface area contributed by atoms with E-state index in [0.717, 1.165) is 29.2 Å². The second-order valence-electron chi connectivity index (χ2n) is 8.38. The monoisotopic (exact) mass is 390 g/mol. The van der Waals surface area contributed by atoms with Gasteiger partial charge in [0.1, 0.15) is 0 Å². The molecule has 152 valence electrons. The summed E-state index contributed by atoms with van der Waals surface area (Å²) < 4.78 is 0. The Morgan fingerprint density at radius 2 is 1.83 bits per heavy atom. The molecular weight excluding hydrogens is 360 g/mol. The van der Waals surface area contributed by atoms with Gasteiger partial charge in [0.2, 0.25) is 0 Å². The third-order valence-corrected chi connectivity index (χ3v) is 6.19. The number of amides is 1. The molecule has 1 amide bonds. The summed E-state index contributed by atoms with van der Waals surface area (Å²) in [5.41, 5.74) is 12.0. The first-order chi connectivity index (χ1) is 13.9. The summed E-state index contributed by atoms with van der Waals surface area (Å²) in [5.74, 6) is -0.0970. The highest BCUT2D eigenvalue weighted by molar-refractivity contribution is 6.32. The van der Waals surface area contributed by atoms with E-state index in [4.69, 9.17) is 5.73 Å². The van der Waals surface area contributed by atoms with Crippen LogP contribution in [-0.4, -0.2) is 22.9 Å². The number of nitrogens with zero attached hydrogens (tertiary/aromatic N) is 1. The first kappa shape index (κ1) is 19.5. The predicted octanol–water partition coefficient (Wildman–Crippen LogP) is 4.83. The molecule has 5 heteroatoms. The van der Waals surface area contributed by atoms with Crippen LogP contribution in [0.4, 0.5) is 17.1 Å². The number of rotatable bonds is 4. The molecule has 0 bridgehead atoms. The standard InChI is InChI=1S/C24H30N4O/c1-15-5-4-6-16(2)28(15)14-18-7-10-20(11-8-18)26-17(3)23-21-13-19(25)9-12-22(21)27-24(23)29/h7-13,15-16,26H,4-6,14,25H2,1-3H3,(H,27,29). The lowest BCUT2D eigenvalue weighted by molar-refractivity contribution is -0.110. The molecule has 2 aliphatic rings. The minimum absolute atomic E-state index is 0.0970. The zero-order valence-corrected chi connectivity index (χ0v) is 17.5. The number of fused-ring (bicyclic) bond motifs is 1. The van der Waals surface area contributed by atoms with Gasteiger partial charge in [-0.2, -0.15) is 0 Å². The van der Waals surface area contributed by atoms with Crippen LogP contribution >= 0.6 is 0 Å². The SMILES string of the molecule is CC(Nc1ccc(CN2C(C)CCCC2C)cc1)=C1C(=O)Nc2ccc(N)cc21. The third kappa shape index (κ3) is 4.01. The van der Waals surface area contributed by atoms with Crippen molar-refractivity contribution in [2.24, 2.45) is 0 Å². The van der Waals surface area contributed by atoms with Crippen molar-refractivity contribution in [2.75, 3.05) is 16.4 Å². The number of hydrogen-bond donors (Lipinski definition) is 3. The molecule has 0 saturated carbocycles. The molecule has 1 saturated heterocycles. The van der Waals surface area contributed by atoms with Crippen LogP contribution in [0.3, 0.4) is 0 Å². The van der Waals surface area contributed by atoms with Crippen molar-refractivity contribution in [1.82, 2.24) is 4.90 Å². The number of anilines is 3. The fourth-order valence-corrected chi connectivity index (χ4v) is 4.53. The van der Waals surface area contributed by atoms with E-state index in [1.807, 2.05) is 19.1 Å². The maximum atomic E-state index is 12.5. The fourth-order valence-electron chi connectivity index (χ4n) is 4.53. The Balaban J connectivity index is 1.50. The quantitative estimate of drug-likeness (QED) is 0.517. The van der Waals surface area contributed by atoms with Gasteiger partial charge in [0.25, 0.3) is 5.91 Å². The minimum Gasteiger partial charge on any atom is -0.399 e. The maximum absolute atomic E-state index is 12.5. The number of likely N-dealkylation sites (tertiary alicyclic amines) is 1. The molecule has 0 aromatic heterocycles. The average Bonchev–Trinajstić information content (AvgIpc) is 3.01. The number of carbonyl (C=O) groups is 1. The summed E-state index contributed by atoms with van der Waals surface area (Å²) in [6.45, 7) is 7.58. The molecule has 5 nitrogen and oxygen atoms in total. The summed E-state index contributed by atoms with van der Waals surface area (Å²) in [7, 11) is 0. The molecule has 2 aliphatic heterocycles. The number of allylic oxidation sites excluding steroid dienone is 1. The summed E-state index contributed by atoms with van der Waals surface area (Å²) in [5, 5.41) is 6.29. The van der Waals surface area contributed by atoms with Gasteiger partial charge in [-0.05, 0) is 69.5 Å². The van der Waals surface area contributed by atoms with Crippen molar-refractivity contribution < 1.29 is 4.79 Å². The van der Waals surface area contributed by atoms with Gasteiger partial charge in [-0.1, -0.05) is 18.6 Å². The molecule has 2 aromatic rings. The average molecular weight is 391 g/mol. The van der Waals surface area contributed by atoms with Gasteiger partial charge in [0.15, 0.2) is 0 Å². The van der Waals surface area contributed by atoms with Crippen LogP contribution in [0.25, 0.3) is 5.57 Å². The number of nitrogens with one attached hydrogen (secondary N) is 2. The first-order valence-electron chi connectivity index (χ1n) is 10.5. The van der Waals surface area contributed by atoms with E-state index in [2.05, 4.69) is 53.6 Å². The van der Waals surface area contributed by atoms with Crippen LogP contribution < -0.4 is 16.4 Å². The highest BCUT2D eigenvalue weighted by Gasteiger charge is 2.27. The zero-order valence-electron chi connectivity index (χ0n) is 17.5. The van der Waals surface area contributed by atoms with Crippen molar-refractivity contribution in [3.63, 3.8) is 0 Å². The Kier molecular flexibility index (Phi) is 5.33. The number of hydrogen-bond acceptors (Lipinski definition) is 4. The molecule has 0 aliphatic carbocycles. The molecule has 4 N–H and O–H groups in total. The lowest BCUT2D eigenvalue weighted by atomic mass is 9.97. The zero-order chi connectivity index (χ0) is 20.5. The molecule has 4 rings (SSSR count). The van der Waals surface area contributed by atoms with Crippen LogP contribution in [-0.2, 0) is 11.3 Å². The van der Waals surface area contributed by atoms with E-state index >= 15 is 0 Å². The van der Waals surface area contributed by atoms with E-state index in [9.17, 15) is 4.79 Å². The second-order valence-corrected chi connectivity index (χ2v) is 8.38. The molecule has 2 unspecified atom stereocenters. The summed E-state index contributed by atoms with van der Waals surface area (Å²) in [4.78, 5) is 15.1. The number of piperidine rings is 1. The molecule has 0 spiro atoms. The second kappa shape index (κ2) is 7.91. The maximum Gasteiger partial charge on any atom is 0.258 e. The van der Waals surface area contributed by atoms with Crippen molar-refractivity contribution in [3.05, 3.63) is 59.3 Å². The van der Waals surface area contributed by atoms with Gasteiger partial charge in [-0.15, -0.1) is 0 Å². The van der Waals surface area contributed by atoms with Gasteiger partial charge in [-0.3, -0.25) is 9.69 Å². The van der Waals surface area contributed by atoms with E-state index in [1.54, 1.807) is 6.07 Å². The highest BCUT2D eigenvalue weighted by Crippen LogP contribution is 2.35. The van der Waals surface area contributed by atoms with Crippen LogP contribution in [0.2, 0.25) is 0 Å². The van der Waals surface area contributed by atoms with Crippen molar-refractivity contribution in [2.45, 2.75) is 58.7 Å². The van der Waals surface area contributed by atoms with Gasteiger partial charge >= 0.3 is 0 Å². The van der Waals surface area contributed by atoms with Gasteiger partial charge < -0.3 is 16.4 Å². The smallest absolute Gasteiger partial charge is 0.258 e. The first-order valence-corrected chi connectivity index (χ1v) is 10.5. The normalized spacial score (nSPS) is 23.5. The van der Waals surface area contributed by atoms with Crippen LogP contribution in [0.1, 0.15) is 51.2 Å². The Morgan fingerprint density at radius 3 is 2.52 bits per heavy atom. The molecule has 2 atom stereocenters. The Hall–Kier alpha value is -2.79. The lowest BCUT2D eigenvalue weighted by Crippen LogP contribution is -2.42. The van der Waals surface area contributed by atoms with E-state index in [-0.39, 0.29) is 5.91 Å². The van der Waals surface area contributed by atoms with E-state index in [1.165, 1.54) is 24.8 Å². The molecule has 0 radical (unpaired) electrons. The van der Waals surface area contributed by atoms with Crippen molar-refractivity contribution in [3.8, 4) is 0 Å². The molecule has 29 heavy (non-hydrogen) atoms. The summed E-state index contributed by atoms with van der Waals surface area (Å²) >= 11 is 0. The number of benzene rings is 2. The summed E-state index contributed by atoms with van der Waals surface area (Å²) in [6, 6.07) is 15.3. The van der Waals surface area contributed by atoms with Gasteiger partial charge in [-0.25, -0.2) is 0 Å². The summed E-state index contributed by atoms with van der Waals surface area (Å²) in [6.07, 6.45) is 3.90. The highest BCUT2D eigenvalue weighted by atomic mass is 16.2. The predicted molar refractivity (Wildman–Crippen MR) is 120 cm³/mol. The van der Waals surface area contributed by atoms with Gasteiger partial charge in [0, 0.05) is 47.0 Å². The Bertz CT molecular complexity index is 938. The van der Waals surface area contributed by atoms with Crippen LogP contribution in [0.15, 0.2) is 48.2 Å². The number of carbonyl (C=O) groups excluding carboxylic acids is 1. The van der Waals surface area contributed by atoms with E-state index in [0.29, 0.717) is 23.3 Å². The van der Waals surface area contributed by atoms with Crippen LogP contribution in [0, 0.1) is 0 Å². The molecular formula is C24H30N4O. The minimum atomic E-state index is -0.0970. The fraction of sp³-hybridized carbons (Fsp3) is 0.375. The van der Waals surface area contributed by atoms with Crippen molar-refractivity contribution in [1.29, 1.82) is 0 Å². The Morgan fingerprint density at radius 1 is 1.14 bits per heavy atom. The number of nitrogens with two attached hydrogens (primary N) is 1. The molecule has 2 aromatic carbocycles. The van der Waals surface area contributed by atoms with Crippen molar-refractivity contribution >= 4 is 28.5 Å². The molecule has 1 fully saturated rings. The number of nitrogen functional groups attached to an aromatic ring is 1. The molecule has 2 heterocycles. The largest absolute Gasteiger partial charge is 0.399 e.